The first-order chi connectivity index (χ1) is 8.42. The van der Waals surface area contributed by atoms with Gasteiger partial charge in [0, 0.05) is 18.8 Å². The summed E-state index contributed by atoms with van der Waals surface area (Å²) in [5, 5.41) is 3.46. The van der Waals surface area contributed by atoms with Crippen molar-refractivity contribution in [2.24, 2.45) is 5.92 Å². The topological polar surface area (TPSA) is 37.8 Å². The molecule has 0 bridgehead atoms. The molecule has 1 aromatic heterocycles. The number of piperidine rings is 1. The maximum Gasteiger partial charge on any atom is 0.128 e. The molecule has 2 fully saturated rings. The van der Waals surface area contributed by atoms with Crippen LogP contribution in [0.3, 0.4) is 0 Å². The Bertz CT molecular complexity index is 350. The highest BCUT2D eigenvalue weighted by atomic mass is 14.9. The number of hydrogen-bond acceptors (Lipinski definition) is 3. The minimum absolute atomic E-state index is 0.770. The van der Waals surface area contributed by atoms with Crippen LogP contribution in [0.2, 0.25) is 0 Å². The van der Waals surface area contributed by atoms with Crippen LogP contribution in [0.15, 0.2) is 12.4 Å². The Morgan fingerprint density at radius 1 is 1.18 bits per heavy atom. The van der Waals surface area contributed by atoms with Crippen molar-refractivity contribution >= 4 is 0 Å². The lowest BCUT2D eigenvalue weighted by atomic mass is 9.94. The third-order valence-corrected chi connectivity index (χ3v) is 3.95. The third-order valence-electron chi connectivity index (χ3n) is 3.95. The average Bonchev–Trinajstić information content (AvgIpc) is 3.23. The van der Waals surface area contributed by atoms with Crippen molar-refractivity contribution < 1.29 is 0 Å². The van der Waals surface area contributed by atoms with Crippen LogP contribution in [-0.4, -0.2) is 23.1 Å². The van der Waals surface area contributed by atoms with Crippen LogP contribution in [0.4, 0.5) is 0 Å². The number of rotatable bonds is 4. The Hall–Kier alpha value is -0.960. The van der Waals surface area contributed by atoms with Crippen molar-refractivity contribution in [1.29, 1.82) is 0 Å². The van der Waals surface area contributed by atoms with E-state index in [1.54, 1.807) is 0 Å². The lowest BCUT2D eigenvalue weighted by Crippen LogP contribution is -2.30. The summed E-state index contributed by atoms with van der Waals surface area (Å²) >= 11 is 0. The molecule has 92 valence electrons. The maximum atomic E-state index is 4.49. The van der Waals surface area contributed by atoms with Gasteiger partial charge in [0.1, 0.15) is 5.82 Å². The SMILES string of the molecule is c1nc(CCC2CCCNC2)ncc1C1CC1. The Morgan fingerprint density at radius 2 is 2.00 bits per heavy atom. The molecule has 0 aromatic carbocycles. The van der Waals surface area contributed by atoms with Gasteiger partial charge in [-0.3, -0.25) is 0 Å². The standard InChI is InChI=1S/C14H21N3/c1-2-11(8-15-7-1)3-6-14-16-9-13(10-17-14)12-4-5-12/h9-12,15H,1-8H2. The van der Waals surface area contributed by atoms with Gasteiger partial charge < -0.3 is 5.32 Å². The number of aryl methyl sites for hydroxylation is 1. The predicted molar refractivity (Wildman–Crippen MR) is 67.9 cm³/mol. The lowest BCUT2D eigenvalue weighted by molar-refractivity contribution is 0.356. The Kier molecular flexibility index (Phi) is 3.36. The fourth-order valence-electron chi connectivity index (χ4n) is 2.62. The second kappa shape index (κ2) is 5.13. The zero-order valence-corrected chi connectivity index (χ0v) is 10.4. The van der Waals surface area contributed by atoms with E-state index >= 15 is 0 Å². The Balaban J connectivity index is 1.50. The van der Waals surface area contributed by atoms with Gasteiger partial charge in [0.2, 0.25) is 0 Å². The third kappa shape index (κ3) is 3.03. The van der Waals surface area contributed by atoms with Crippen molar-refractivity contribution in [3.8, 4) is 0 Å². The summed E-state index contributed by atoms with van der Waals surface area (Å²) in [5.74, 6) is 2.63. The zero-order valence-electron chi connectivity index (χ0n) is 10.4. The summed E-state index contributed by atoms with van der Waals surface area (Å²) < 4.78 is 0. The molecular formula is C14H21N3. The fourth-order valence-corrected chi connectivity index (χ4v) is 2.62. The Morgan fingerprint density at radius 3 is 2.65 bits per heavy atom. The predicted octanol–water partition coefficient (Wildman–Crippen LogP) is 2.29. The molecule has 3 rings (SSSR count). The van der Waals surface area contributed by atoms with Crippen LogP contribution in [0.1, 0.15) is 49.4 Å². The summed E-state index contributed by atoms with van der Waals surface area (Å²) in [7, 11) is 0. The van der Waals surface area contributed by atoms with E-state index in [-0.39, 0.29) is 0 Å². The second-order valence-corrected chi connectivity index (χ2v) is 5.46. The minimum atomic E-state index is 0.770. The average molecular weight is 231 g/mol. The Labute approximate surface area is 103 Å². The normalized spacial score (nSPS) is 24.8. The van der Waals surface area contributed by atoms with E-state index in [2.05, 4.69) is 15.3 Å². The van der Waals surface area contributed by atoms with Crippen LogP contribution >= 0.6 is 0 Å². The van der Waals surface area contributed by atoms with Gasteiger partial charge in [-0.15, -0.1) is 0 Å². The molecule has 1 unspecified atom stereocenters. The molecule has 2 aliphatic rings. The van der Waals surface area contributed by atoms with Gasteiger partial charge in [0.05, 0.1) is 0 Å². The van der Waals surface area contributed by atoms with E-state index in [1.807, 2.05) is 12.4 Å². The lowest BCUT2D eigenvalue weighted by Gasteiger charge is -2.22. The summed E-state index contributed by atoms with van der Waals surface area (Å²) in [6.07, 6.45) is 11.7. The molecule has 1 aliphatic heterocycles. The van der Waals surface area contributed by atoms with Crippen molar-refractivity contribution in [1.82, 2.24) is 15.3 Å². The summed E-state index contributed by atoms with van der Waals surface area (Å²) in [6, 6.07) is 0. The highest BCUT2D eigenvalue weighted by Crippen LogP contribution is 2.39. The molecule has 2 heterocycles. The smallest absolute Gasteiger partial charge is 0.128 e. The fraction of sp³-hybridized carbons (Fsp3) is 0.714. The van der Waals surface area contributed by atoms with Gasteiger partial charge in [-0.05, 0) is 62.6 Å². The molecule has 1 saturated carbocycles. The van der Waals surface area contributed by atoms with E-state index in [0.717, 1.165) is 24.1 Å². The first-order valence-corrected chi connectivity index (χ1v) is 6.93. The zero-order chi connectivity index (χ0) is 11.5. The van der Waals surface area contributed by atoms with Crippen LogP contribution in [0, 0.1) is 5.92 Å². The highest BCUT2D eigenvalue weighted by molar-refractivity contribution is 5.17. The molecule has 0 spiro atoms. The first-order valence-electron chi connectivity index (χ1n) is 6.93. The monoisotopic (exact) mass is 231 g/mol. The van der Waals surface area contributed by atoms with E-state index in [4.69, 9.17) is 0 Å². The molecule has 0 radical (unpaired) electrons. The van der Waals surface area contributed by atoms with Gasteiger partial charge in [-0.1, -0.05) is 0 Å². The molecule has 0 amide bonds. The first kappa shape index (κ1) is 11.1. The van der Waals surface area contributed by atoms with E-state index in [0.29, 0.717) is 0 Å². The van der Waals surface area contributed by atoms with Gasteiger partial charge >= 0.3 is 0 Å². The highest BCUT2D eigenvalue weighted by Gasteiger charge is 2.24. The van der Waals surface area contributed by atoms with Crippen molar-refractivity contribution in [3.05, 3.63) is 23.8 Å². The second-order valence-electron chi connectivity index (χ2n) is 5.46. The molecule has 1 saturated heterocycles. The van der Waals surface area contributed by atoms with Crippen LogP contribution in [0.5, 0.6) is 0 Å². The number of aromatic nitrogens is 2. The van der Waals surface area contributed by atoms with Crippen LogP contribution in [0.25, 0.3) is 0 Å². The molecule has 3 nitrogen and oxygen atoms in total. The number of hydrogen-bond donors (Lipinski definition) is 1. The maximum absolute atomic E-state index is 4.49. The van der Waals surface area contributed by atoms with Crippen LogP contribution in [-0.2, 0) is 6.42 Å². The van der Waals surface area contributed by atoms with Gasteiger partial charge in [0.15, 0.2) is 0 Å². The summed E-state index contributed by atoms with van der Waals surface area (Å²) in [5.41, 5.74) is 1.34. The van der Waals surface area contributed by atoms with Gasteiger partial charge in [-0.2, -0.15) is 0 Å². The number of nitrogens with zero attached hydrogens (tertiary/aromatic N) is 2. The van der Waals surface area contributed by atoms with Gasteiger partial charge in [0.25, 0.3) is 0 Å². The molecule has 1 N–H and O–H groups in total. The van der Waals surface area contributed by atoms with E-state index in [1.165, 1.54) is 50.8 Å². The van der Waals surface area contributed by atoms with E-state index in [9.17, 15) is 0 Å². The molecule has 1 aromatic rings. The molecule has 17 heavy (non-hydrogen) atoms. The minimum Gasteiger partial charge on any atom is -0.316 e. The number of nitrogens with one attached hydrogen (secondary N) is 1. The van der Waals surface area contributed by atoms with Gasteiger partial charge in [-0.25, -0.2) is 9.97 Å². The van der Waals surface area contributed by atoms with E-state index < -0.39 is 0 Å². The van der Waals surface area contributed by atoms with Crippen molar-refractivity contribution in [2.75, 3.05) is 13.1 Å². The largest absolute Gasteiger partial charge is 0.316 e. The molecule has 1 aliphatic carbocycles. The molecule has 1 atom stereocenters. The van der Waals surface area contributed by atoms with Crippen LogP contribution < -0.4 is 5.32 Å². The van der Waals surface area contributed by atoms with Crippen molar-refractivity contribution in [3.63, 3.8) is 0 Å². The van der Waals surface area contributed by atoms with Crippen molar-refractivity contribution in [2.45, 2.75) is 44.4 Å². The summed E-state index contributed by atoms with van der Waals surface area (Å²) in [4.78, 5) is 8.99. The quantitative estimate of drug-likeness (QED) is 0.864. The molecular weight excluding hydrogens is 210 g/mol. The molecule has 3 heteroatoms. The summed E-state index contributed by atoms with van der Waals surface area (Å²) in [6.45, 7) is 2.38.